The lowest BCUT2D eigenvalue weighted by Crippen LogP contribution is -2.37. The van der Waals surface area contributed by atoms with E-state index >= 15 is 0 Å². The molecule has 1 heterocycles. The number of anilines is 2. The minimum atomic E-state index is 0.660. The van der Waals surface area contributed by atoms with Crippen LogP contribution in [0.1, 0.15) is 39.0 Å². The van der Waals surface area contributed by atoms with Crippen LogP contribution in [0.4, 0.5) is 11.5 Å². The summed E-state index contributed by atoms with van der Waals surface area (Å²) in [6.45, 7) is 3.25. The van der Waals surface area contributed by atoms with Crippen molar-refractivity contribution >= 4 is 22.4 Å². The van der Waals surface area contributed by atoms with Gasteiger partial charge in [0.15, 0.2) is 0 Å². The monoisotopic (exact) mass is 269 g/mol. The third kappa shape index (κ3) is 2.58. The van der Waals surface area contributed by atoms with Gasteiger partial charge < -0.3 is 10.6 Å². The van der Waals surface area contributed by atoms with Gasteiger partial charge in [-0.2, -0.15) is 0 Å². The van der Waals surface area contributed by atoms with Crippen molar-refractivity contribution in [3.8, 4) is 0 Å². The molecule has 0 radical (unpaired) electrons. The van der Waals surface area contributed by atoms with Crippen molar-refractivity contribution < 1.29 is 0 Å². The Morgan fingerprint density at radius 2 is 1.95 bits per heavy atom. The molecule has 3 heteroatoms. The minimum Gasteiger partial charge on any atom is -0.399 e. The molecule has 3 rings (SSSR count). The van der Waals surface area contributed by atoms with Gasteiger partial charge in [-0.15, -0.1) is 0 Å². The van der Waals surface area contributed by atoms with Crippen molar-refractivity contribution in [3.63, 3.8) is 0 Å². The lowest BCUT2D eigenvalue weighted by atomic mass is 9.94. The third-order valence-electron chi connectivity index (χ3n) is 4.35. The van der Waals surface area contributed by atoms with Gasteiger partial charge in [0.2, 0.25) is 0 Å². The molecule has 1 aliphatic carbocycles. The van der Waals surface area contributed by atoms with Crippen LogP contribution >= 0.6 is 0 Å². The predicted molar refractivity (Wildman–Crippen MR) is 86.0 cm³/mol. The average molecular weight is 269 g/mol. The number of aromatic nitrogens is 1. The van der Waals surface area contributed by atoms with Crippen LogP contribution in [0.5, 0.6) is 0 Å². The molecule has 1 aromatic heterocycles. The van der Waals surface area contributed by atoms with Crippen LogP contribution < -0.4 is 10.6 Å². The molecule has 20 heavy (non-hydrogen) atoms. The highest BCUT2D eigenvalue weighted by Crippen LogP contribution is 2.27. The molecule has 0 spiro atoms. The van der Waals surface area contributed by atoms with Crippen molar-refractivity contribution in [3.05, 3.63) is 30.3 Å². The molecular weight excluding hydrogens is 246 g/mol. The quantitative estimate of drug-likeness (QED) is 0.857. The van der Waals surface area contributed by atoms with Crippen LogP contribution in [0.3, 0.4) is 0 Å². The average Bonchev–Trinajstić information content (AvgIpc) is 2.49. The summed E-state index contributed by atoms with van der Waals surface area (Å²) in [7, 11) is 0. The molecule has 0 amide bonds. The van der Waals surface area contributed by atoms with Gasteiger partial charge in [0.05, 0.1) is 5.52 Å². The van der Waals surface area contributed by atoms with E-state index in [0.29, 0.717) is 6.04 Å². The number of rotatable bonds is 3. The topological polar surface area (TPSA) is 42.1 Å². The molecular formula is C17H23N3. The number of hydrogen-bond donors (Lipinski definition) is 1. The van der Waals surface area contributed by atoms with Gasteiger partial charge in [-0.3, -0.25) is 0 Å². The van der Waals surface area contributed by atoms with Crippen LogP contribution in [0.2, 0.25) is 0 Å². The molecule has 3 nitrogen and oxygen atoms in total. The predicted octanol–water partition coefficient (Wildman–Crippen LogP) is 3.98. The fourth-order valence-corrected chi connectivity index (χ4v) is 3.29. The van der Waals surface area contributed by atoms with Crippen molar-refractivity contribution in [1.29, 1.82) is 0 Å². The molecule has 1 aliphatic rings. The summed E-state index contributed by atoms with van der Waals surface area (Å²) in [6.07, 6.45) is 6.69. The maximum absolute atomic E-state index is 5.83. The summed E-state index contributed by atoms with van der Waals surface area (Å²) >= 11 is 0. The Morgan fingerprint density at radius 1 is 1.15 bits per heavy atom. The Bertz CT molecular complexity index is 588. The van der Waals surface area contributed by atoms with Crippen LogP contribution in [-0.4, -0.2) is 17.6 Å². The Hall–Kier alpha value is -1.77. The van der Waals surface area contributed by atoms with Gasteiger partial charge >= 0.3 is 0 Å². The van der Waals surface area contributed by atoms with Crippen molar-refractivity contribution in [2.75, 3.05) is 17.2 Å². The van der Waals surface area contributed by atoms with Gasteiger partial charge in [0, 0.05) is 23.7 Å². The summed E-state index contributed by atoms with van der Waals surface area (Å²) < 4.78 is 0. The molecule has 0 bridgehead atoms. The van der Waals surface area contributed by atoms with Gasteiger partial charge in [0.25, 0.3) is 0 Å². The number of pyridine rings is 1. The largest absolute Gasteiger partial charge is 0.399 e. The molecule has 1 saturated carbocycles. The van der Waals surface area contributed by atoms with E-state index in [4.69, 9.17) is 10.7 Å². The Morgan fingerprint density at radius 3 is 2.70 bits per heavy atom. The van der Waals surface area contributed by atoms with Crippen LogP contribution in [0, 0.1) is 0 Å². The van der Waals surface area contributed by atoms with E-state index in [9.17, 15) is 0 Å². The van der Waals surface area contributed by atoms with Crippen molar-refractivity contribution in [1.82, 2.24) is 4.98 Å². The minimum absolute atomic E-state index is 0.660. The maximum Gasteiger partial charge on any atom is 0.129 e. The molecule has 106 valence electrons. The second kappa shape index (κ2) is 5.70. The fourth-order valence-electron chi connectivity index (χ4n) is 3.29. The van der Waals surface area contributed by atoms with E-state index in [-0.39, 0.29) is 0 Å². The first kappa shape index (κ1) is 13.2. The number of benzene rings is 1. The summed E-state index contributed by atoms with van der Waals surface area (Å²) in [6, 6.07) is 10.9. The SMILES string of the molecule is CCN(c1ccc2cc(N)ccc2n1)C1CCCCC1. The van der Waals surface area contributed by atoms with E-state index < -0.39 is 0 Å². The van der Waals surface area contributed by atoms with Crippen LogP contribution in [-0.2, 0) is 0 Å². The summed E-state index contributed by atoms with van der Waals surface area (Å²) in [5, 5.41) is 1.12. The standard InChI is InChI=1S/C17H23N3/c1-2-20(15-6-4-3-5-7-15)17-11-8-13-12-14(18)9-10-16(13)19-17/h8-12,15H,2-7,18H2,1H3. The fraction of sp³-hybridized carbons (Fsp3) is 0.471. The van der Waals surface area contributed by atoms with Gasteiger partial charge in [-0.05, 0) is 50.1 Å². The molecule has 2 aromatic rings. The van der Waals surface area contributed by atoms with E-state index in [2.05, 4.69) is 24.0 Å². The molecule has 2 N–H and O–H groups in total. The lowest BCUT2D eigenvalue weighted by Gasteiger charge is -2.34. The molecule has 0 aliphatic heterocycles. The number of hydrogen-bond acceptors (Lipinski definition) is 3. The zero-order valence-corrected chi connectivity index (χ0v) is 12.2. The molecule has 0 unspecified atom stereocenters. The summed E-state index contributed by atoms with van der Waals surface area (Å²) in [4.78, 5) is 7.30. The first-order chi connectivity index (χ1) is 9.78. The lowest BCUT2D eigenvalue weighted by molar-refractivity contribution is 0.416. The number of nitrogens with two attached hydrogens (primary N) is 1. The van der Waals surface area contributed by atoms with E-state index in [1.807, 2.05) is 18.2 Å². The number of fused-ring (bicyclic) bond motifs is 1. The third-order valence-corrected chi connectivity index (χ3v) is 4.35. The second-order valence-electron chi connectivity index (χ2n) is 5.70. The van der Waals surface area contributed by atoms with Gasteiger partial charge in [-0.25, -0.2) is 4.98 Å². The number of nitrogens with zero attached hydrogens (tertiary/aromatic N) is 2. The Labute approximate surface area is 120 Å². The van der Waals surface area contributed by atoms with Gasteiger partial charge in [0.1, 0.15) is 5.82 Å². The van der Waals surface area contributed by atoms with Crippen LogP contribution in [0.15, 0.2) is 30.3 Å². The van der Waals surface area contributed by atoms with E-state index in [1.165, 1.54) is 32.1 Å². The second-order valence-corrected chi connectivity index (χ2v) is 5.70. The first-order valence-corrected chi connectivity index (χ1v) is 7.71. The maximum atomic E-state index is 5.83. The van der Waals surface area contributed by atoms with Gasteiger partial charge in [-0.1, -0.05) is 19.3 Å². The van der Waals surface area contributed by atoms with Crippen LogP contribution in [0.25, 0.3) is 10.9 Å². The van der Waals surface area contributed by atoms with Crippen molar-refractivity contribution in [2.45, 2.75) is 45.1 Å². The van der Waals surface area contributed by atoms with E-state index in [0.717, 1.165) is 29.0 Å². The summed E-state index contributed by atoms with van der Waals surface area (Å²) in [5.41, 5.74) is 7.66. The Balaban J connectivity index is 1.92. The van der Waals surface area contributed by atoms with Crippen molar-refractivity contribution in [2.24, 2.45) is 0 Å². The smallest absolute Gasteiger partial charge is 0.129 e. The highest BCUT2D eigenvalue weighted by atomic mass is 15.2. The molecule has 0 saturated heterocycles. The molecule has 0 atom stereocenters. The first-order valence-electron chi connectivity index (χ1n) is 7.71. The highest BCUT2D eigenvalue weighted by molar-refractivity contribution is 5.83. The highest BCUT2D eigenvalue weighted by Gasteiger charge is 2.21. The summed E-state index contributed by atoms with van der Waals surface area (Å²) in [5.74, 6) is 1.11. The zero-order valence-electron chi connectivity index (χ0n) is 12.2. The zero-order chi connectivity index (χ0) is 13.9. The normalized spacial score (nSPS) is 16.4. The number of nitrogen functional groups attached to an aromatic ring is 1. The van der Waals surface area contributed by atoms with E-state index in [1.54, 1.807) is 0 Å². The Kier molecular flexibility index (Phi) is 3.77. The molecule has 1 aromatic carbocycles. The molecule has 1 fully saturated rings.